The molecule has 0 spiro atoms. The Morgan fingerprint density at radius 3 is 2.86 bits per heavy atom. The third-order valence-corrected chi connectivity index (χ3v) is 4.06. The maximum atomic E-state index is 5.49. The van der Waals surface area contributed by atoms with E-state index in [9.17, 15) is 0 Å². The topological polar surface area (TPSA) is 36.9 Å². The molecule has 2 aromatic heterocycles. The summed E-state index contributed by atoms with van der Waals surface area (Å²) in [6.45, 7) is 2.05. The Kier molecular flexibility index (Phi) is 4.03. The minimum Gasteiger partial charge on any atom is -0.329 e. The fraction of sp³-hybridized carbons (Fsp3) is 0.375. The number of nitrogens with one attached hydrogen (secondary N) is 1. The fourth-order valence-corrected chi connectivity index (χ4v) is 3.00. The van der Waals surface area contributed by atoms with Crippen molar-refractivity contribution < 1.29 is 0 Å². The zero-order valence-corrected chi connectivity index (χ0v) is 13.3. The molecule has 3 rings (SSSR count). The molecule has 0 bridgehead atoms. The van der Waals surface area contributed by atoms with E-state index in [1.807, 2.05) is 18.3 Å². The van der Waals surface area contributed by atoms with Crippen LogP contribution < -0.4 is 0 Å². The highest BCUT2D eigenvalue weighted by Crippen LogP contribution is 2.23. The largest absolute Gasteiger partial charge is 0.329 e. The van der Waals surface area contributed by atoms with E-state index in [4.69, 9.17) is 12.2 Å². The van der Waals surface area contributed by atoms with Gasteiger partial charge < -0.3 is 14.5 Å². The van der Waals surface area contributed by atoms with Crippen LogP contribution in [-0.2, 0) is 6.54 Å². The van der Waals surface area contributed by atoms with Crippen molar-refractivity contribution in [2.24, 2.45) is 0 Å². The van der Waals surface area contributed by atoms with Crippen LogP contribution in [0.1, 0.15) is 12.8 Å². The number of benzene rings is 1. The lowest BCUT2D eigenvalue weighted by atomic mass is 10.2. The summed E-state index contributed by atoms with van der Waals surface area (Å²) in [5.41, 5.74) is 3.21. The lowest BCUT2D eigenvalue weighted by Gasteiger charge is -2.10. The van der Waals surface area contributed by atoms with Crippen LogP contribution in [0.3, 0.4) is 0 Å². The highest BCUT2D eigenvalue weighted by molar-refractivity contribution is 7.71. The molecular weight excluding hydrogens is 280 g/mol. The van der Waals surface area contributed by atoms with E-state index < -0.39 is 0 Å². The molecule has 3 aromatic rings. The van der Waals surface area contributed by atoms with Crippen LogP contribution in [-0.4, -0.2) is 40.1 Å². The Balaban J connectivity index is 1.99. The first-order valence-corrected chi connectivity index (χ1v) is 7.68. The summed E-state index contributed by atoms with van der Waals surface area (Å²) in [7, 11) is 4.22. The highest BCUT2D eigenvalue weighted by atomic mass is 32.1. The molecule has 2 heterocycles. The smallest absolute Gasteiger partial charge is 0.178 e. The number of aromatic nitrogens is 3. The van der Waals surface area contributed by atoms with E-state index in [1.165, 1.54) is 11.9 Å². The zero-order valence-electron chi connectivity index (χ0n) is 12.5. The average Bonchev–Trinajstić information content (AvgIpc) is 2.79. The van der Waals surface area contributed by atoms with Gasteiger partial charge >= 0.3 is 0 Å². The molecule has 0 unspecified atom stereocenters. The number of rotatable bonds is 5. The summed E-state index contributed by atoms with van der Waals surface area (Å²) in [6, 6.07) is 8.23. The Labute approximate surface area is 129 Å². The third kappa shape index (κ3) is 2.84. The Bertz CT molecular complexity index is 816. The molecule has 0 aliphatic carbocycles. The number of aryl methyl sites for hydroxylation is 1. The number of para-hydroxylation sites is 1. The van der Waals surface area contributed by atoms with Crippen LogP contribution in [0.4, 0.5) is 0 Å². The standard InChI is InChI=1S/C16H20N4S/c1-19(2)9-5-6-10-20-15-12-7-3-4-8-13(12)17-11-14(15)18-16(20)21/h3-4,7-8,11H,5-6,9-10H2,1-2H3,(H,18,21). The summed E-state index contributed by atoms with van der Waals surface area (Å²) in [5, 5.41) is 1.16. The first-order chi connectivity index (χ1) is 10.2. The van der Waals surface area contributed by atoms with Crippen molar-refractivity contribution in [1.29, 1.82) is 0 Å². The fourth-order valence-electron chi connectivity index (χ4n) is 2.70. The summed E-state index contributed by atoms with van der Waals surface area (Å²) in [6.07, 6.45) is 4.17. The second-order valence-corrected chi connectivity index (χ2v) is 6.02. The molecular formula is C16H20N4S. The molecule has 0 saturated carbocycles. The number of aromatic amines is 1. The molecule has 0 radical (unpaired) electrons. The van der Waals surface area contributed by atoms with E-state index in [-0.39, 0.29) is 0 Å². The molecule has 0 fully saturated rings. The van der Waals surface area contributed by atoms with E-state index in [2.05, 4.69) is 45.7 Å². The molecule has 0 aliphatic rings. The van der Waals surface area contributed by atoms with Gasteiger partial charge in [0.15, 0.2) is 4.77 Å². The second kappa shape index (κ2) is 5.95. The van der Waals surface area contributed by atoms with Crippen molar-refractivity contribution in [2.75, 3.05) is 20.6 Å². The molecule has 1 aromatic carbocycles. The lowest BCUT2D eigenvalue weighted by molar-refractivity contribution is 0.388. The maximum absolute atomic E-state index is 5.49. The quantitative estimate of drug-likeness (QED) is 0.578. The Morgan fingerprint density at radius 1 is 1.24 bits per heavy atom. The summed E-state index contributed by atoms with van der Waals surface area (Å²) < 4.78 is 3.00. The van der Waals surface area contributed by atoms with Crippen molar-refractivity contribution in [3.05, 3.63) is 35.2 Å². The summed E-state index contributed by atoms with van der Waals surface area (Å²) in [4.78, 5) is 9.98. The number of H-pyrrole nitrogens is 1. The zero-order chi connectivity index (χ0) is 14.8. The van der Waals surface area contributed by atoms with E-state index in [0.29, 0.717) is 0 Å². The average molecular weight is 300 g/mol. The Hall–Kier alpha value is -1.72. The Morgan fingerprint density at radius 2 is 2.05 bits per heavy atom. The normalized spacial score (nSPS) is 11.8. The van der Waals surface area contributed by atoms with Gasteiger partial charge in [-0.15, -0.1) is 0 Å². The predicted octanol–water partition coefficient (Wildman–Crippen LogP) is 3.59. The van der Waals surface area contributed by atoms with E-state index >= 15 is 0 Å². The molecule has 0 atom stereocenters. The van der Waals surface area contributed by atoms with Crippen molar-refractivity contribution in [2.45, 2.75) is 19.4 Å². The van der Waals surface area contributed by atoms with Gasteiger partial charge in [0.25, 0.3) is 0 Å². The van der Waals surface area contributed by atoms with Gasteiger partial charge in [-0.05, 0) is 51.8 Å². The molecule has 4 nitrogen and oxygen atoms in total. The van der Waals surface area contributed by atoms with Gasteiger partial charge in [-0.3, -0.25) is 4.98 Å². The first-order valence-electron chi connectivity index (χ1n) is 7.28. The third-order valence-electron chi connectivity index (χ3n) is 3.74. The van der Waals surface area contributed by atoms with Crippen molar-refractivity contribution in [3.8, 4) is 0 Å². The number of unbranched alkanes of at least 4 members (excludes halogenated alkanes) is 1. The number of imidazole rings is 1. The van der Waals surface area contributed by atoms with Gasteiger partial charge in [0.1, 0.15) is 0 Å². The molecule has 0 saturated heterocycles. The van der Waals surface area contributed by atoms with Crippen LogP contribution in [0, 0.1) is 4.77 Å². The minimum atomic E-state index is 0.785. The van der Waals surface area contributed by atoms with Crippen molar-refractivity contribution >= 4 is 34.2 Å². The number of nitrogens with zero attached hydrogens (tertiary/aromatic N) is 3. The summed E-state index contributed by atoms with van der Waals surface area (Å²) in [5.74, 6) is 0. The van der Waals surface area contributed by atoms with E-state index in [1.54, 1.807) is 0 Å². The second-order valence-electron chi connectivity index (χ2n) is 5.63. The van der Waals surface area contributed by atoms with E-state index in [0.717, 1.165) is 40.7 Å². The molecule has 0 aliphatic heterocycles. The van der Waals surface area contributed by atoms with Crippen LogP contribution in [0.5, 0.6) is 0 Å². The minimum absolute atomic E-state index is 0.785. The number of pyridine rings is 1. The van der Waals surface area contributed by atoms with Crippen LogP contribution in [0.15, 0.2) is 30.5 Å². The van der Waals surface area contributed by atoms with Gasteiger partial charge in [-0.1, -0.05) is 18.2 Å². The molecule has 1 N–H and O–H groups in total. The van der Waals surface area contributed by atoms with Crippen LogP contribution in [0.2, 0.25) is 0 Å². The molecule has 21 heavy (non-hydrogen) atoms. The van der Waals surface area contributed by atoms with Crippen molar-refractivity contribution in [1.82, 2.24) is 19.4 Å². The predicted molar refractivity (Wildman–Crippen MR) is 90.2 cm³/mol. The number of fused-ring (bicyclic) bond motifs is 3. The number of hydrogen-bond donors (Lipinski definition) is 1. The van der Waals surface area contributed by atoms with Gasteiger partial charge in [0.2, 0.25) is 0 Å². The van der Waals surface area contributed by atoms with Gasteiger partial charge in [-0.2, -0.15) is 0 Å². The molecule has 110 valence electrons. The van der Waals surface area contributed by atoms with Gasteiger partial charge in [-0.25, -0.2) is 0 Å². The van der Waals surface area contributed by atoms with Crippen molar-refractivity contribution in [3.63, 3.8) is 0 Å². The number of hydrogen-bond acceptors (Lipinski definition) is 3. The lowest BCUT2D eigenvalue weighted by Crippen LogP contribution is -2.13. The molecule has 5 heteroatoms. The summed E-state index contributed by atoms with van der Waals surface area (Å²) >= 11 is 5.49. The molecule has 0 amide bonds. The monoisotopic (exact) mass is 300 g/mol. The maximum Gasteiger partial charge on any atom is 0.178 e. The highest BCUT2D eigenvalue weighted by Gasteiger charge is 2.09. The van der Waals surface area contributed by atoms with Gasteiger partial charge in [0, 0.05) is 11.9 Å². The van der Waals surface area contributed by atoms with Gasteiger partial charge in [0.05, 0.1) is 22.7 Å². The van der Waals surface area contributed by atoms with Crippen LogP contribution in [0.25, 0.3) is 21.9 Å². The SMILES string of the molecule is CN(C)CCCCn1c(=S)[nH]c2cnc3ccccc3c21. The van der Waals surface area contributed by atoms with Crippen LogP contribution >= 0.6 is 12.2 Å². The first kappa shape index (κ1) is 14.2.